The summed E-state index contributed by atoms with van der Waals surface area (Å²) >= 11 is 7.29. The molecule has 0 atom stereocenters. The number of benzene rings is 1. The first kappa shape index (κ1) is 12.8. The first-order valence-electron chi connectivity index (χ1n) is 5.74. The molecule has 0 unspecified atom stereocenters. The molecule has 0 aliphatic heterocycles. The van der Waals surface area contributed by atoms with Gasteiger partial charge in [0.1, 0.15) is 0 Å². The van der Waals surface area contributed by atoms with Crippen LogP contribution in [0.25, 0.3) is 5.69 Å². The second kappa shape index (κ2) is 5.44. The SMILES string of the molecule is O=C(Nc1nccs1)c1cnn(-c2cccc(Cl)c2)c1. The van der Waals surface area contributed by atoms with Gasteiger partial charge in [-0.05, 0) is 18.2 Å². The number of amides is 1. The summed E-state index contributed by atoms with van der Waals surface area (Å²) in [7, 11) is 0. The van der Waals surface area contributed by atoms with Crippen LogP contribution < -0.4 is 5.32 Å². The minimum atomic E-state index is -0.242. The summed E-state index contributed by atoms with van der Waals surface area (Å²) in [5.41, 5.74) is 1.26. The van der Waals surface area contributed by atoms with E-state index in [1.807, 2.05) is 12.1 Å². The topological polar surface area (TPSA) is 59.8 Å². The number of nitrogens with one attached hydrogen (secondary N) is 1. The molecule has 1 amide bonds. The summed E-state index contributed by atoms with van der Waals surface area (Å²) in [5, 5.41) is 9.84. The van der Waals surface area contributed by atoms with E-state index in [2.05, 4.69) is 15.4 Å². The van der Waals surface area contributed by atoms with Crippen molar-refractivity contribution in [3.8, 4) is 5.69 Å². The fourth-order valence-electron chi connectivity index (χ4n) is 1.65. The molecule has 0 saturated heterocycles. The Balaban J connectivity index is 1.81. The highest BCUT2D eigenvalue weighted by atomic mass is 35.5. The van der Waals surface area contributed by atoms with Gasteiger partial charge in [0.25, 0.3) is 5.91 Å². The zero-order valence-electron chi connectivity index (χ0n) is 10.2. The van der Waals surface area contributed by atoms with Crippen LogP contribution in [0.5, 0.6) is 0 Å². The van der Waals surface area contributed by atoms with Crippen LogP contribution in [0, 0.1) is 0 Å². The van der Waals surface area contributed by atoms with Gasteiger partial charge in [0.15, 0.2) is 5.13 Å². The first-order chi connectivity index (χ1) is 9.72. The molecule has 1 aromatic carbocycles. The molecule has 2 heterocycles. The molecular weight excluding hydrogens is 296 g/mol. The van der Waals surface area contributed by atoms with Crippen LogP contribution in [0.3, 0.4) is 0 Å². The van der Waals surface area contributed by atoms with Crippen molar-refractivity contribution in [1.29, 1.82) is 0 Å². The van der Waals surface area contributed by atoms with E-state index in [-0.39, 0.29) is 5.91 Å². The lowest BCUT2D eigenvalue weighted by atomic mass is 10.3. The number of hydrogen-bond acceptors (Lipinski definition) is 4. The van der Waals surface area contributed by atoms with Crippen LogP contribution in [0.1, 0.15) is 10.4 Å². The maximum atomic E-state index is 12.0. The van der Waals surface area contributed by atoms with Crippen LogP contribution in [0.2, 0.25) is 5.02 Å². The van der Waals surface area contributed by atoms with Crippen LogP contribution in [-0.2, 0) is 0 Å². The summed E-state index contributed by atoms with van der Waals surface area (Å²) in [5.74, 6) is -0.242. The number of rotatable bonds is 3. The predicted molar refractivity (Wildman–Crippen MR) is 78.6 cm³/mol. The molecule has 20 heavy (non-hydrogen) atoms. The van der Waals surface area contributed by atoms with Gasteiger partial charge in [-0.15, -0.1) is 11.3 Å². The number of anilines is 1. The molecule has 0 aliphatic rings. The standard InChI is InChI=1S/C13H9ClN4OS/c14-10-2-1-3-11(6-10)18-8-9(7-16-18)12(19)17-13-15-4-5-20-13/h1-8H,(H,15,17,19). The molecule has 0 spiro atoms. The summed E-state index contributed by atoms with van der Waals surface area (Å²) in [6.45, 7) is 0. The Kier molecular flexibility index (Phi) is 3.49. The second-order valence-electron chi connectivity index (χ2n) is 3.94. The lowest BCUT2D eigenvalue weighted by Crippen LogP contribution is -2.10. The average Bonchev–Trinajstić information content (AvgIpc) is 3.09. The third kappa shape index (κ3) is 2.71. The van der Waals surface area contributed by atoms with E-state index in [4.69, 9.17) is 11.6 Å². The summed E-state index contributed by atoms with van der Waals surface area (Å²) in [6.07, 6.45) is 4.79. The Morgan fingerprint density at radius 2 is 2.30 bits per heavy atom. The monoisotopic (exact) mass is 304 g/mol. The van der Waals surface area contributed by atoms with Crippen molar-refractivity contribution in [3.05, 3.63) is 58.8 Å². The third-order valence-electron chi connectivity index (χ3n) is 2.57. The molecule has 7 heteroatoms. The molecule has 100 valence electrons. The van der Waals surface area contributed by atoms with Gasteiger partial charge >= 0.3 is 0 Å². The highest BCUT2D eigenvalue weighted by molar-refractivity contribution is 7.13. The van der Waals surface area contributed by atoms with E-state index >= 15 is 0 Å². The molecule has 5 nitrogen and oxygen atoms in total. The molecule has 0 aliphatic carbocycles. The van der Waals surface area contributed by atoms with Gasteiger partial charge in [-0.1, -0.05) is 17.7 Å². The van der Waals surface area contributed by atoms with E-state index in [9.17, 15) is 4.79 Å². The number of carbonyl (C=O) groups is 1. The Morgan fingerprint density at radius 1 is 1.40 bits per heavy atom. The molecule has 2 aromatic heterocycles. The summed E-state index contributed by atoms with van der Waals surface area (Å²) in [6, 6.07) is 7.25. The van der Waals surface area contributed by atoms with E-state index in [1.165, 1.54) is 17.5 Å². The Morgan fingerprint density at radius 3 is 3.05 bits per heavy atom. The number of halogens is 1. The van der Waals surface area contributed by atoms with Gasteiger partial charge in [0, 0.05) is 22.8 Å². The van der Waals surface area contributed by atoms with E-state index < -0.39 is 0 Å². The second-order valence-corrected chi connectivity index (χ2v) is 5.28. The predicted octanol–water partition coefficient (Wildman–Crippen LogP) is 3.23. The first-order valence-corrected chi connectivity index (χ1v) is 6.99. The number of nitrogens with zero attached hydrogens (tertiary/aromatic N) is 3. The van der Waals surface area contributed by atoms with Crippen molar-refractivity contribution in [2.24, 2.45) is 0 Å². The number of hydrogen-bond donors (Lipinski definition) is 1. The minimum absolute atomic E-state index is 0.242. The highest BCUT2D eigenvalue weighted by Crippen LogP contribution is 2.16. The Labute approximate surface area is 123 Å². The molecule has 1 N–H and O–H groups in total. The van der Waals surface area contributed by atoms with Crippen LogP contribution in [0.4, 0.5) is 5.13 Å². The van der Waals surface area contributed by atoms with Gasteiger partial charge in [-0.25, -0.2) is 9.67 Å². The number of thiazole rings is 1. The zero-order valence-corrected chi connectivity index (χ0v) is 11.7. The molecule has 0 radical (unpaired) electrons. The fourth-order valence-corrected chi connectivity index (χ4v) is 2.36. The maximum absolute atomic E-state index is 12.0. The fraction of sp³-hybridized carbons (Fsp3) is 0. The normalized spacial score (nSPS) is 10.4. The number of carbonyl (C=O) groups excluding carboxylic acids is 1. The molecular formula is C13H9ClN4OS. The van der Waals surface area contributed by atoms with E-state index in [0.717, 1.165) is 5.69 Å². The Hall–Kier alpha value is -2.18. The average molecular weight is 305 g/mol. The number of aromatic nitrogens is 3. The zero-order chi connectivity index (χ0) is 13.9. The van der Waals surface area contributed by atoms with Crippen LogP contribution >= 0.6 is 22.9 Å². The van der Waals surface area contributed by atoms with Gasteiger partial charge in [0.2, 0.25) is 0 Å². The van der Waals surface area contributed by atoms with Crippen molar-refractivity contribution in [2.45, 2.75) is 0 Å². The molecule has 0 saturated carbocycles. The molecule has 0 bridgehead atoms. The van der Waals surface area contributed by atoms with E-state index in [0.29, 0.717) is 15.7 Å². The van der Waals surface area contributed by atoms with Crippen molar-refractivity contribution >= 4 is 34.0 Å². The third-order valence-corrected chi connectivity index (χ3v) is 3.49. The summed E-state index contributed by atoms with van der Waals surface area (Å²) in [4.78, 5) is 16.0. The van der Waals surface area contributed by atoms with Gasteiger partial charge in [0.05, 0.1) is 17.4 Å². The van der Waals surface area contributed by atoms with Crippen LogP contribution in [0.15, 0.2) is 48.2 Å². The molecule has 3 aromatic rings. The maximum Gasteiger partial charge on any atom is 0.260 e. The summed E-state index contributed by atoms with van der Waals surface area (Å²) < 4.78 is 1.60. The Bertz CT molecular complexity index is 738. The van der Waals surface area contributed by atoms with Gasteiger partial charge in [-0.3, -0.25) is 10.1 Å². The lowest BCUT2D eigenvalue weighted by molar-refractivity contribution is 0.102. The molecule has 3 rings (SSSR count). The van der Waals surface area contributed by atoms with Crippen molar-refractivity contribution in [2.75, 3.05) is 5.32 Å². The van der Waals surface area contributed by atoms with Crippen molar-refractivity contribution in [1.82, 2.24) is 14.8 Å². The smallest absolute Gasteiger partial charge is 0.260 e. The largest absolute Gasteiger partial charge is 0.298 e. The lowest BCUT2D eigenvalue weighted by Gasteiger charge is -2.01. The van der Waals surface area contributed by atoms with Gasteiger partial charge < -0.3 is 0 Å². The van der Waals surface area contributed by atoms with Gasteiger partial charge in [-0.2, -0.15) is 5.10 Å². The molecule has 0 fully saturated rings. The van der Waals surface area contributed by atoms with Crippen molar-refractivity contribution in [3.63, 3.8) is 0 Å². The van der Waals surface area contributed by atoms with Crippen molar-refractivity contribution < 1.29 is 4.79 Å². The van der Waals surface area contributed by atoms with E-state index in [1.54, 1.807) is 34.6 Å². The van der Waals surface area contributed by atoms with Crippen LogP contribution in [-0.4, -0.2) is 20.7 Å². The quantitative estimate of drug-likeness (QED) is 0.808. The minimum Gasteiger partial charge on any atom is -0.298 e. The highest BCUT2D eigenvalue weighted by Gasteiger charge is 2.10.